The lowest BCUT2D eigenvalue weighted by molar-refractivity contribution is 0.312. The normalized spacial score (nSPS) is 15.7. The zero-order chi connectivity index (χ0) is 18.4. The number of benzene rings is 1. The van der Waals surface area contributed by atoms with Crippen molar-refractivity contribution in [1.29, 1.82) is 0 Å². The molecule has 0 bridgehead atoms. The van der Waals surface area contributed by atoms with Crippen molar-refractivity contribution in [3.8, 4) is 10.6 Å². The van der Waals surface area contributed by atoms with Crippen LogP contribution in [0.5, 0.6) is 0 Å². The van der Waals surface area contributed by atoms with Crippen molar-refractivity contribution in [2.24, 2.45) is 0 Å². The Hall–Kier alpha value is -2.77. The fourth-order valence-electron chi connectivity index (χ4n) is 3.34. The van der Waals surface area contributed by atoms with Gasteiger partial charge in [0.2, 0.25) is 5.71 Å². The molecule has 0 N–H and O–H groups in total. The molecule has 0 unspecified atom stereocenters. The second-order valence-electron chi connectivity index (χ2n) is 6.79. The largest absolute Gasteiger partial charge is 0.403 e. The van der Waals surface area contributed by atoms with Gasteiger partial charge in [-0.1, -0.05) is 12.1 Å². The van der Waals surface area contributed by atoms with Gasteiger partial charge in [-0.3, -0.25) is 0 Å². The first kappa shape index (κ1) is 16.4. The molecule has 1 aliphatic rings. The third-order valence-corrected chi connectivity index (χ3v) is 6.01. The van der Waals surface area contributed by atoms with Crippen molar-refractivity contribution < 1.29 is 4.42 Å². The number of fused-ring (bicyclic) bond motifs is 2. The fraction of sp³-hybridized carbons (Fsp3) is 0.250. The summed E-state index contributed by atoms with van der Waals surface area (Å²) < 4.78 is 6.61. The average molecular weight is 378 g/mol. The molecular weight excluding hydrogens is 360 g/mol. The first-order chi connectivity index (χ1) is 13.2. The number of hydrogen-bond donors (Lipinski definition) is 0. The summed E-state index contributed by atoms with van der Waals surface area (Å²) in [6.07, 6.45) is 0. The predicted molar refractivity (Wildman–Crippen MR) is 109 cm³/mol. The van der Waals surface area contributed by atoms with Crippen LogP contribution in [0.3, 0.4) is 0 Å². The highest BCUT2D eigenvalue weighted by atomic mass is 32.1. The van der Waals surface area contributed by atoms with Crippen LogP contribution in [0.4, 0.5) is 5.82 Å². The van der Waals surface area contributed by atoms with Crippen LogP contribution in [0.15, 0.2) is 51.7 Å². The zero-order valence-corrected chi connectivity index (χ0v) is 15.7. The number of thiazole rings is 1. The summed E-state index contributed by atoms with van der Waals surface area (Å²) in [5.74, 6) is 0.853. The van der Waals surface area contributed by atoms with Gasteiger partial charge in [-0.15, -0.1) is 11.3 Å². The second kappa shape index (κ2) is 6.44. The van der Waals surface area contributed by atoms with Crippen LogP contribution in [0.2, 0.25) is 0 Å². The summed E-state index contributed by atoms with van der Waals surface area (Å²) in [4.78, 5) is 26.3. The summed E-state index contributed by atoms with van der Waals surface area (Å²) in [5, 5.41) is 1.48. The van der Waals surface area contributed by atoms with Gasteiger partial charge in [0, 0.05) is 31.6 Å². The van der Waals surface area contributed by atoms with Crippen LogP contribution < -0.4 is 10.5 Å². The quantitative estimate of drug-likeness (QED) is 0.534. The van der Waals surface area contributed by atoms with E-state index >= 15 is 0 Å². The Labute approximate surface area is 159 Å². The van der Waals surface area contributed by atoms with E-state index in [4.69, 9.17) is 4.42 Å². The second-order valence-corrected chi connectivity index (χ2v) is 7.82. The molecule has 0 amide bonds. The molecule has 27 heavy (non-hydrogen) atoms. The van der Waals surface area contributed by atoms with E-state index in [1.165, 1.54) is 11.3 Å². The maximum Gasteiger partial charge on any atom is 0.347 e. The van der Waals surface area contributed by atoms with Crippen LogP contribution >= 0.6 is 11.3 Å². The third-order valence-electron chi connectivity index (χ3n) is 4.94. The molecule has 4 heterocycles. The van der Waals surface area contributed by atoms with Gasteiger partial charge in [0.1, 0.15) is 10.8 Å². The molecule has 7 heteroatoms. The Morgan fingerprint density at radius 1 is 1.04 bits per heavy atom. The monoisotopic (exact) mass is 378 g/mol. The highest BCUT2D eigenvalue weighted by Gasteiger charge is 2.17. The van der Waals surface area contributed by atoms with E-state index in [9.17, 15) is 4.79 Å². The zero-order valence-electron chi connectivity index (χ0n) is 14.9. The fourth-order valence-corrected chi connectivity index (χ4v) is 4.31. The number of nitrogens with zero attached hydrogens (tertiary/aromatic N) is 4. The standard InChI is InChI=1S/C20H18N4O2S/c1-23-8-10-24(11-9-23)17-7-6-13-12-14(20(25)26-18(13)22-17)19-21-15-4-2-3-5-16(15)27-19/h2-7,12H,8-11H2,1H3. The molecule has 1 aromatic carbocycles. The number of para-hydroxylation sites is 1. The molecule has 0 radical (unpaired) electrons. The molecule has 4 aromatic rings. The lowest BCUT2D eigenvalue weighted by Gasteiger charge is -2.33. The Morgan fingerprint density at radius 2 is 1.85 bits per heavy atom. The lowest BCUT2D eigenvalue weighted by atomic mass is 10.2. The van der Waals surface area contributed by atoms with Crippen molar-refractivity contribution in [3.63, 3.8) is 0 Å². The predicted octanol–water partition coefficient (Wildman–Crippen LogP) is 3.22. The van der Waals surface area contributed by atoms with E-state index in [2.05, 4.69) is 26.8 Å². The van der Waals surface area contributed by atoms with E-state index < -0.39 is 5.63 Å². The Balaban J connectivity index is 1.55. The van der Waals surface area contributed by atoms with Gasteiger partial charge < -0.3 is 14.2 Å². The molecule has 5 rings (SSSR count). The molecule has 1 saturated heterocycles. The number of aromatic nitrogens is 2. The smallest absolute Gasteiger partial charge is 0.347 e. The number of pyridine rings is 1. The van der Waals surface area contributed by atoms with Crippen LogP contribution in [0.25, 0.3) is 31.9 Å². The van der Waals surface area contributed by atoms with E-state index in [0.29, 0.717) is 16.3 Å². The van der Waals surface area contributed by atoms with E-state index in [0.717, 1.165) is 47.6 Å². The van der Waals surface area contributed by atoms with Crippen LogP contribution in [0.1, 0.15) is 0 Å². The maximum absolute atomic E-state index is 12.6. The molecule has 0 atom stereocenters. The minimum atomic E-state index is -0.399. The molecule has 1 fully saturated rings. The van der Waals surface area contributed by atoms with Crippen molar-refractivity contribution in [2.45, 2.75) is 0 Å². The number of anilines is 1. The number of rotatable bonds is 2. The van der Waals surface area contributed by atoms with E-state index in [1.54, 1.807) is 0 Å². The highest BCUT2D eigenvalue weighted by Crippen LogP contribution is 2.30. The maximum atomic E-state index is 12.6. The van der Waals surface area contributed by atoms with Gasteiger partial charge in [0.05, 0.1) is 15.8 Å². The number of hydrogen-bond acceptors (Lipinski definition) is 7. The van der Waals surface area contributed by atoms with Gasteiger partial charge in [0.25, 0.3) is 0 Å². The Morgan fingerprint density at radius 3 is 2.67 bits per heavy atom. The van der Waals surface area contributed by atoms with Crippen LogP contribution in [-0.4, -0.2) is 48.1 Å². The van der Waals surface area contributed by atoms with Crippen molar-refractivity contribution in [3.05, 3.63) is 52.9 Å². The summed E-state index contributed by atoms with van der Waals surface area (Å²) in [6.45, 7) is 3.84. The average Bonchev–Trinajstić information content (AvgIpc) is 3.11. The van der Waals surface area contributed by atoms with E-state index in [1.807, 2.05) is 42.5 Å². The van der Waals surface area contributed by atoms with E-state index in [-0.39, 0.29) is 0 Å². The van der Waals surface area contributed by atoms with Gasteiger partial charge in [-0.25, -0.2) is 9.78 Å². The third kappa shape index (κ3) is 2.98. The number of piperazine rings is 1. The first-order valence-electron chi connectivity index (χ1n) is 8.92. The number of likely N-dealkylation sites (N-methyl/N-ethyl adjacent to an activating group) is 1. The van der Waals surface area contributed by atoms with Gasteiger partial charge in [-0.05, 0) is 37.4 Å². The molecule has 0 spiro atoms. The summed E-state index contributed by atoms with van der Waals surface area (Å²) >= 11 is 1.49. The topological polar surface area (TPSA) is 62.5 Å². The van der Waals surface area contributed by atoms with Gasteiger partial charge >= 0.3 is 5.63 Å². The van der Waals surface area contributed by atoms with Crippen molar-refractivity contribution >= 4 is 38.5 Å². The Kier molecular flexibility index (Phi) is 3.91. The highest BCUT2D eigenvalue weighted by molar-refractivity contribution is 7.21. The minimum absolute atomic E-state index is 0.376. The van der Waals surface area contributed by atoms with Crippen molar-refractivity contribution in [1.82, 2.24) is 14.9 Å². The molecule has 0 aliphatic carbocycles. The summed E-state index contributed by atoms with van der Waals surface area (Å²) in [7, 11) is 2.12. The van der Waals surface area contributed by atoms with Crippen molar-refractivity contribution in [2.75, 3.05) is 38.1 Å². The molecule has 1 aliphatic heterocycles. The SMILES string of the molecule is CN1CCN(c2ccc3cc(-c4nc5ccccc5s4)c(=O)oc3n2)CC1. The minimum Gasteiger partial charge on any atom is -0.403 e. The summed E-state index contributed by atoms with van der Waals surface area (Å²) in [6, 6.07) is 13.7. The van der Waals surface area contributed by atoms with Gasteiger partial charge in [-0.2, -0.15) is 4.98 Å². The molecule has 3 aromatic heterocycles. The van der Waals surface area contributed by atoms with Gasteiger partial charge in [0.15, 0.2) is 0 Å². The Bertz CT molecular complexity index is 1160. The first-order valence-corrected chi connectivity index (χ1v) is 9.73. The van der Waals surface area contributed by atoms with Crippen LogP contribution in [0, 0.1) is 0 Å². The molecule has 136 valence electrons. The van der Waals surface area contributed by atoms with Crippen LogP contribution in [-0.2, 0) is 0 Å². The molecule has 6 nitrogen and oxygen atoms in total. The summed E-state index contributed by atoms with van der Waals surface area (Å²) in [5.41, 5.74) is 1.35. The lowest BCUT2D eigenvalue weighted by Crippen LogP contribution is -2.44. The molecular formula is C20H18N4O2S. The molecule has 0 saturated carbocycles.